The fourth-order valence-electron chi connectivity index (χ4n) is 9.40. The molecule has 2 aliphatic heterocycles. The van der Waals surface area contributed by atoms with Gasteiger partial charge in [-0.25, -0.2) is 0 Å². The van der Waals surface area contributed by atoms with E-state index in [-0.39, 0.29) is 190 Å². The molecule has 2 heterocycles. The monoisotopic (exact) mass is 2130 g/mol. The maximum atomic E-state index is 12.7. The average Bonchev–Trinajstić information content (AvgIpc) is 0.826. The van der Waals surface area contributed by atoms with Gasteiger partial charge in [-0.15, -0.1) is 196 Å². The van der Waals surface area contributed by atoms with E-state index in [2.05, 4.69) is 322 Å². The summed E-state index contributed by atoms with van der Waals surface area (Å²) >= 11 is 0. The van der Waals surface area contributed by atoms with Crippen molar-refractivity contribution < 1.29 is 23.5 Å². The number of aliphatic hydroxyl groups excluding tert-OH is 1. The lowest BCUT2D eigenvalue weighted by Crippen LogP contribution is -2.44. The number of aliphatic hydroxyl groups is 1. The summed E-state index contributed by atoms with van der Waals surface area (Å²) in [6, 6.07) is 0.0838. The fourth-order valence-corrected chi connectivity index (χ4v) is 491. The van der Waals surface area contributed by atoms with Crippen molar-refractivity contribution in [2.45, 2.75) is 207 Å². The number of allylic oxidation sites excluding steroid dienone is 1. The Hall–Kier alpha value is 15.8. The Morgan fingerprint density at radius 1 is 0.495 bits per heavy atom. The smallest absolute Gasteiger partial charge is 0.222 e. The van der Waals surface area contributed by atoms with Crippen LogP contribution in [0.4, 0.5) is 0 Å². The van der Waals surface area contributed by atoms with Gasteiger partial charge < -0.3 is 23.8 Å². The molecule has 0 saturated carbocycles. The Kier molecular flexibility index (Phi) is 71.5. The van der Waals surface area contributed by atoms with Gasteiger partial charge in [0.2, 0.25) is 11.8 Å². The van der Waals surface area contributed by atoms with E-state index in [1.54, 1.807) is 0 Å². The number of rotatable bonds is 25. The van der Waals surface area contributed by atoms with E-state index in [0.29, 0.717) is 12.8 Å². The van der Waals surface area contributed by atoms with Crippen LogP contribution in [0, 0.1) is 11.8 Å². The minimum Gasteiger partial charge on any atom is -0.411 e. The highest BCUT2D eigenvalue weighted by Crippen LogP contribution is 3.32. The van der Waals surface area contributed by atoms with Gasteiger partial charge in [-0.05, 0) is 220 Å². The predicted octanol–water partition coefficient (Wildman–Crippen LogP) is 35.3. The van der Waals surface area contributed by atoms with Crippen molar-refractivity contribution >= 4 is 359 Å². The fraction of sp³-hybridized carbons (Fsp3) is 0.787. The summed E-state index contributed by atoms with van der Waals surface area (Å²) in [5.41, 5.74) is 2.32. The number of hydrogen-bond donors (Lipinski definition) is 1. The second-order valence-corrected chi connectivity index (χ2v) is 195. The van der Waals surface area contributed by atoms with Crippen molar-refractivity contribution in [3.8, 4) is 0 Å². The van der Waals surface area contributed by atoms with Crippen molar-refractivity contribution in [2.24, 2.45) is 11.8 Å². The molecular formula is C47H133N2O5P41Si2. The van der Waals surface area contributed by atoms with Crippen LogP contribution < -0.4 is 0 Å². The molecule has 2 rings (SSSR count). The topological polar surface area (TPSA) is 79.3 Å². The number of likely N-dealkylation sites (N-methyl/N-ethyl adjacent to an activating group) is 2. The van der Waals surface area contributed by atoms with Crippen molar-refractivity contribution in [1.82, 2.24) is 9.80 Å². The summed E-state index contributed by atoms with van der Waals surface area (Å²) in [4.78, 5) is 29.2. The molecule has 0 bridgehead atoms. The first-order chi connectivity index (χ1) is 44.4. The summed E-state index contributed by atoms with van der Waals surface area (Å²) in [7, 11) is 70.8. The SMILES string of the molecule is C/C(=C\CO)[C@@H]1[C@@H](C)/C=C/C(O[Si](C)(C)C(C)(C)C)CCCCCC(=O)N1C.CC/C=C(\C)[C@@H]1[C@@H](C)/C=C/C(O[Si](C)(C)C(C)(C)C)CCCCCC(=O)N1C.PP(P)P(P)P(P(P(P)P)P(P)P)P(P(P)P)P(P)P.PPP(P(P)P)P(P(P(P)P)P(P)P)P(P(P)P)P(P)P. The largest absolute Gasteiger partial charge is 0.411 e. The highest BCUT2D eigenvalue weighted by atomic mass is 33.4. The molecule has 574 valence electrons. The second-order valence-electron chi connectivity index (χ2n) is 26.1. The molecule has 50 heteroatoms. The van der Waals surface area contributed by atoms with E-state index in [9.17, 15) is 14.7 Å². The van der Waals surface area contributed by atoms with Gasteiger partial charge in [-0.2, -0.15) is 0 Å². The van der Waals surface area contributed by atoms with Crippen LogP contribution in [-0.2, 0) is 18.4 Å². The Balaban J connectivity index is 0. The average molecular weight is 2130 g/mol. The maximum absolute atomic E-state index is 12.7. The second kappa shape index (κ2) is 60.4. The number of hydrogen-bond acceptors (Lipinski definition) is 5. The van der Waals surface area contributed by atoms with Gasteiger partial charge >= 0.3 is 0 Å². The number of carbonyl (C=O) groups excluding carboxylic acids is 2. The molecule has 7 nitrogen and oxygen atoms in total. The number of nitrogens with zero attached hydrogens (tertiary/aromatic N) is 2. The molecule has 97 heavy (non-hydrogen) atoms. The van der Waals surface area contributed by atoms with Gasteiger partial charge in [-0.3, -0.25) is 9.59 Å². The van der Waals surface area contributed by atoms with Crippen LogP contribution >= 0.6 is 330 Å². The van der Waals surface area contributed by atoms with Crippen molar-refractivity contribution in [1.29, 1.82) is 0 Å². The normalized spacial score (nSPS) is 22.6. The third-order valence-corrected chi connectivity index (χ3v) is 283. The molecule has 0 aliphatic carbocycles. The predicted molar refractivity (Wildman–Crippen MR) is 591 cm³/mol. The van der Waals surface area contributed by atoms with Gasteiger partial charge in [0.05, 0.1) is 30.9 Å². The van der Waals surface area contributed by atoms with Gasteiger partial charge in [-0.1, -0.05) is 144 Å². The lowest BCUT2D eigenvalue weighted by atomic mass is 9.91. The number of carbonyl (C=O) groups is 2. The van der Waals surface area contributed by atoms with Gasteiger partial charge in [0.1, 0.15) is 0 Å². The van der Waals surface area contributed by atoms with E-state index < -0.39 is 16.6 Å². The molecule has 0 fully saturated rings. The lowest BCUT2D eigenvalue weighted by Gasteiger charge is -2.46. The molecule has 0 aromatic carbocycles. The molecular weight excluding hydrogens is 2000 g/mol. The molecule has 27 unspecified atom stereocenters. The van der Waals surface area contributed by atoms with Gasteiger partial charge in [0, 0.05) is 26.9 Å². The van der Waals surface area contributed by atoms with Crippen molar-refractivity contribution in [3.63, 3.8) is 0 Å². The standard InChI is InChI=1S/C24H45NO2Si.C23H43NO3Si.H23P21.H22P20/c1-10-14-19(2)23-20(3)17-18-21(27-28(8,9)24(4,5)6)15-12-11-13-16-22(26)25(23)7;1-18-14-15-20(27-28(7,8)23(3,4)5)12-10-9-11-13-21(26)24(6)22(18)19(2)16-17-25;1-12-18(13(2)3)21(19(14(4)5)15(6)7)20(16(8)9)17(10)11;1-12(2)17(11)20(18(13(3)4)14(5)6)19(15(7)8)16(9)10/h14,17-18,20-21,23H,10-13,15-16H2,1-9H3;14-16,18,20,22,25H,9-13,17H2,1-8H3;12H,1-11H2;1-11H2/b18-17+,19-14+;15-14+,19-16+;;/t20-,21?,23+;18-,20?,22-;;/m00../s1. The zero-order valence-corrected chi connectivity index (χ0v) is 105. The Labute approximate surface area is 672 Å². The van der Waals surface area contributed by atoms with Crippen LogP contribution in [0.1, 0.15) is 147 Å². The van der Waals surface area contributed by atoms with Crippen LogP contribution in [0.5, 0.6) is 0 Å². The third-order valence-electron chi connectivity index (χ3n) is 16.2. The summed E-state index contributed by atoms with van der Waals surface area (Å²) in [5.74, 6) is 0.873. The first kappa shape index (κ1) is 115. The van der Waals surface area contributed by atoms with E-state index in [1.165, 1.54) is 5.57 Å². The zero-order valence-electron chi connectivity index (χ0n) is 60.6. The number of amides is 2. The lowest BCUT2D eigenvalue weighted by molar-refractivity contribution is -0.132. The Bertz CT molecular complexity index is 2150. The molecule has 2 aliphatic rings. The summed E-state index contributed by atoms with van der Waals surface area (Å²) < 4.78 is 13.4. The highest BCUT2D eigenvalue weighted by Gasteiger charge is 2.45. The van der Waals surface area contributed by atoms with Crippen molar-refractivity contribution in [3.05, 3.63) is 47.6 Å². The molecule has 0 saturated heterocycles. The van der Waals surface area contributed by atoms with Crippen LogP contribution in [-0.4, -0.2) is 88.3 Å². The van der Waals surface area contributed by atoms with Crippen LogP contribution in [0.2, 0.25) is 36.3 Å². The zero-order chi connectivity index (χ0) is 76.2. The van der Waals surface area contributed by atoms with Gasteiger partial charge in [0.15, 0.2) is 16.6 Å². The molecule has 31 atom stereocenters. The van der Waals surface area contributed by atoms with Crippen LogP contribution in [0.3, 0.4) is 0 Å². The molecule has 0 aromatic rings. The highest BCUT2D eigenvalue weighted by molar-refractivity contribution is 9.38. The Morgan fingerprint density at radius 3 is 1.04 bits per heavy atom. The minimum absolute atomic E-state index is 0.00208. The molecule has 1 N–H and O–H groups in total. The first-order valence-electron chi connectivity index (χ1n) is 31.1. The quantitative estimate of drug-likeness (QED) is 0.0560. The summed E-state index contributed by atoms with van der Waals surface area (Å²) in [6.07, 6.45) is 23.9. The van der Waals surface area contributed by atoms with Crippen LogP contribution in [0.25, 0.3) is 0 Å². The summed E-state index contributed by atoms with van der Waals surface area (Å²) in [6.45, 7) is 35.2. The maximum Gasteiger partial charge on any atom is 0.222 e. The van der Waals surface area contributed by atoms with E-state index in [0.717, 1.165) is 71.3 Å². The first-order valence-corrected chi connectivity index (χ1v) is 110. The minimum atomic E-state index is -1.84. The molecule has 0 radical (unpaired) electrons. The molecule has 2 amide bonds. The van der Waals surface area contributed by atoms with E-state index in [4.69, 9.17) is 8.85 Å². The van der Waals surface area contributed by atoms with Crippen molar-refractivity contribution in [2.75, 3.05) is 20.7 Å². The van der Waals surface area contributed by atoms with Crippen LogP contribution in [0.15, 0.2) is 47.6 Å². The van der Waals surface area contributed by atoms with E-state index >= 15 is 0 Å². The summed E-state index contributed by atoms with van der Waals surface area (Å²) in [5, 5.41) is 9.75. The van der Waals surface area contributed by atoms with Gasteiger partial charge in [0.25, 0.3) is 0 Å². The third kappa shape index (κ3) is 44.7. The van der Waals surface area contributed by atoms with E-state index in [1.807, 2.05) is 36.9 Å². The molecule has 0 aromatic heterocycles. The molecule has 0 spiro atoms. The Morgan fingerprint density at radius 2 is 0.794 bits per heavy atom.